The monoisotopic (exact) mass is 170 g/mol. The first kappa shape index (κ1) is 8.01. The van der Waals surface area contributed by atoms with Crippen LogP contribution in [0.1, 0.15) is 12.8 Å². The van der Waals surface area contributed by atoms with Gasteiger partial charge in [0.05, 0.1) is 18.8 Å². The smallest absolute Gasteiger partial charge is 0.244 e. The minimum atomic E-state index is -0.145. The van der Waals surface area contributed by atoms with Crippen molar-refractivity contribution in [3.05, 3.63) is 0 Å². The quantitative estimate of drug-likeness (QED) is 0.624. The Labute approximate surface area is 71.9 Å². The maximum atomic E-state index is 11.6. The fraction of sp³-hybridized carbons (Fsp3) is 0.875. The molecule has 1 spiro atoms. The Morgan fingerprint density at radius 1 is 1.67 bits per heavy atom. The maximum Gasteiger partial charge on any atom is 0.244 e. The van der Waals surface area contributed by atoms with Crippen molar-refractivity contribution in [3.8, 4) is 0 Å². The van der Waals surface area contributed by atoms with E-state index in [1.54, 1.807) is 7.11 Å². The molecular weight excluding hydrogens is 156 g/mol. The molecule has 0 radical (unpaired) electrons. The molecule has 4 heteroatoms. The van der Waals surface area contributed by atoms with E-state index in [2.05, 4.69) is 5.32 Å². The van der Waals surface area contributed by atoms with E-state index in [1.165, 1.54) is 0 Å². The summed E-state index contributed by atoms with van der Waals surface area (Å²) < 4.78 is 4.92. The van der Waals surface area contributed by atoms with Gasteiger partial charge in [0, 0.05) is 13.7 Å². The molecule has 1 heterocycles. The first-order valence-electron chi connectivity index (χ1n) is 4.32. The van der Waals surface area contributed by atoms with Crippen LogP contribution in [0.5, 0.6) is 0 Å². The van der Waals surface area contributed by atoms with Crippen molar-refractivity contribution < 1.29 is 9.53 Å². The molecule has 0 atom stereocenters. The van der Waals surface area contributed by atoms with E-state index in [0.717, 1.165) is 12.8 Å². The first-order valence-corrected chi connectivity index (χ1v) is 4.32. The Morgan fingerprint density at radius 2 is 2.42 bits per heavy atom. The molecule has 1 amide bonds. The molecule has 0 aromatic carbocycles. The fourth-order valence-electron chi connectivity index (χ4n) is 1.59. The van der Waals surface area contributed by atoms with Crippen molar-refractivity contribution in [1.29, 1.82) is 0 Å². The number of carbonyl (C=O) groups is 1. The highest BCUT2D eigenvalue weighted by atomic mass is 16.5. The number of amides is 1. The lowest BCUT2D eigenvalue weighted by atomic mass is 10.3. The summed E-state index contributed by atoms with van der Waals surface area (Å²) in [6.45, 7) is 2.04. The summed E-state index contributed by atoms with van der Waals surface area (Å²) in [7, 11) is 1.65. The van der Waals surface area contributed by atoms with E-state index in [1.807, 2.05) is 4.90 Å². The zero-order valence-corrected chi connectivity index (χ0v) is 7.30. The minimum absolute atomic E-state index is 0.145. The average molecular weight is 170 g/mol. The van der Waals surface area contributed by atoms with Crippen molar-refractivity contribution in [2.75, 3.05) is 26.9 Å². The van der Waals surface area contributed by atoms with Gasteiger partial charge in [-0.25, -0.2) is 0 Å². The standard InChI is InChI=1S/C8H14N2O2/c1-12-5-4-10-6-9-8(2-3-8)7(10)11/h9H,2-6H2,1H3. The van der Waals surface area contributed by atoms with E-state index in [0.29, 0.717) is 19.8 Å². The summed E-state index contributed by atoms with van der Waals surface area (Å²) in [6, 6.07) is 0. The third kappa shape index (κ3) is 1.11. The van der Waals surface area contributed by atoms with Crippen LogP contribution in [0.25, 0.3) is 0 Å². The van der Waals surface area contributed by atoms with Crippen molar-refractivity contribution in [2.45, 2.75) is 18.4 Å². The van der Waals surface area contributed by atoms with Gasteiger partial charge in [-0.3, -0.25) is 10.1 Å². The number of hydrogen-bond donors (Lipinski definition) is 1. The van der Waals surface area contributed by atoms with E-state index in [9.17, 15) is 4.79 Å². The van der Waals surface area contributed by atoms with Crippen LogP contribution in [0.15, 0.2) is 0 Å². The van der Waals surface area contributed by atoms with Gasteiger partial charge < -0.3 is 9.64 Å². The van der Waals surface area contributed by atoms with Crippen molar-refractivity contribution in [3.63, 3.8) is 0 Å². The van der Waals surface area contributed by atoms with Crippen LogP contribution in [-0.2, 0) is 9.53 Å². The molecule has 0 aromatic rings. The second-order valence-corrected chi connectivity index (χ2v) is 3.48. The van der Waals surface area contributed by atoms with E-state index in [-0.39, 0.29) is 11.4 Å². The van der Waals surface area contributed by atoms with Gasteiger partial charge in [0.15, 0.2) is 0 Å². The predicted octanol–water partition coefficient (Wildman–Crippen LogP) is -0.445. The lowest BCUT2D eigenvalue weighted by Crippen LogP contribution is -2.33. The van der Waals surface area contributed by atoms with Gasteiger partial charge in [-0.2, -0.15) is 0 Å². The SMILES string of the molecule is COCCN1CNC2(CC2)C1=O. The molecule has 1 N–H and O–H groups in total. The lowest BCUT2D eigenvalue weighted by molar-refractivity contribution is -0.130. The molecule has 2 aliphatic rings. The molecular formula is C8H14N2O2. The second-order valence-electron chi connectivity index (χ2n) is 3.48. The normalized spacial score (nSPS) is 25.4. The summed E-state index contributed by atoms with van der Waals surface area (Å²) in [5, 5.41) is 3.24. The number of nitrogens with zero attached hydrogens (tertiary/aromatic N) is 1. The van der Waals surface area contributed by atoms with Crippen LogP contribution < -0.4 is 5.32 Å². The maximum absolute atomic E-state index is 11.6. The number of carbonyl (C=O) groups excluding carboxylic acids is 1. The molecule has 0 bridgehead atoms. The van der Waals surface area contributed by atoms with Gasteiger partial charge in [0.2, 0.25) is 5.91 Å². The molecule has 0 unspecified atom stereocenters. The molecule has 1 aliphatic carbocycles. The van der Waals surface area contributed by atoms with Gasteiger partial charge in [0.1, 0.15) is 0 Å². The van der Waals surface area contributed by atoms with Crippen LogP contribution >= 0.6 is 0 Å². The Kier molecular flexibility index (Phi) is 1.81. The van der Waals surface area contributed by atoms with Crippen LogP contribution in [0.3, 0.4) is 0 Å². The molecule has 4 nitrogen and oxygen atoms in total. The van der Waals surface area contributed by atoms with E-state index in [4.69, 9.17) is 4.74 Å². The van der Waals surface area contributed by atoms with Crippen LogP contribution in [-0.4, -0.2) is 43.3 Å². The van der Waals surface area contributed by atoms with Crippen LogP contribution in [0, 0.1) is 0 Å². The lowest BCUT2D eigenvalue weighted by Gasteiger charge is -2.13. The average Bonchev–Trinajstić information content (AvgIpc) is 2.78. The van der Waals surface area contributed by atoms with Gasteiger partial charge in [-0.15, -0.1) is 0 Å². The van der Waals surface area contributed by atoms with Crippen LogP contribution in [0.4, 0.5) is 0 Å². The van der Waals surface area contributed by atoms with Crippen molar-refractivity contribution >= 4 is 5.91 Å². The Hall–Kier alpha value is -0.610. The van der Waals surface area contributed by atoms with Crippen molar-refractivity contribution in [2.24, 2.45) is 0 Å². The zero-order valence-electron chi connectivity index (χ0n) is 7.30. The number of nitrogens with one attached hydrogen (secondary N) is 1. The number of ether oxygens (including phenoxy) is 1. The molecule has 0 aromatic heterocycles. The molecule has 1 aliphatic heterocycles. The topological polar surface area (TPSA) is 41.6 Å². The molecule has 2 fully saturated rings. The highest BCUT2D eigenvalue weighted by molar-refractivity contribution is 5.91. The summed E-state index contributed by atoms with van der Waals surface area (Å²) in [5.41, 5.74) is -0.145. The number of methoxy groups -OCH3 is 1. The minimum Gasteiger partial charge on any atom is -0.383 e. The molecule has 1 saturated heterocycles. The highest BCUT2D eigenvalue weighted by Gasteiger charge is 2.55. The molecule has 2 rings (SSSR count). The summed E-state index contributed by atoms with van der Waals surface area (Å²) in [6.07, 6.45) is 2.02. The first-order chi connectivity index (χ1) is 5.78. The molecule has 68 valence electrons. The van der Waals surface area contributed by atoms with Gasteiger partial charge >= 0.3 is 0 Å². The Morgan fingerprint density at radius 3 is 2.92 bits per heavy atom. The van der Waals surface area contributed by atoms with Gasteiger partial charge in [-0.1, -0.05) is 0 Å². The summed E-state index contributed by atoms with van der Waals surface area (Å²) in [5.74, 6) is 0.263. The third-order valence-corrected chi connectivity index (χ3v) is 2.62. The summed E-state index contributed by atoms with van der Waals surface area (Å²) in [4.78, 5) is 13.4. The third-order valence-electron chi connectivity index (χ3n) is 2.62. The van der Waals surface area contributed by atoms with E-state index < -0.39 is 0 Å². The number of rotatable bonds is 3. The Balaban J connectivity index is 1.89. The van der Waals surface area contributed by atoms with Crippen molar-refractivity contribution in [1.82, 2.24) is 10.2 Å². The van der Waals surface area contributed by atoms with Gasteiger partial charge in [-0.05, 0) is 12.8 Å². The predicted molar refractivity (Wildman–Crippen MR) is 43.6 cm³/mol. The summed E-state index contributed by atoms with van der Waals surface area (Å²) >= 11 is 0. The van der Waals surface area contributed by atoms with Crippen LogP contribution in [0.2, 0.25) is 0 Å². The molecule has 12 heavy (non-hydrogen) atoms. The Bertz CT molecular complexity index is 201. The number of hydrogen-bond acceptors (Lipinski definition) is 3. The zero-order chi connectivity index (χ0) is 8.60. The highest BCUT2D eigenvalue weighted by Crippen LogP contribution is 2.39. The van der Waals surface area contributed by atoms with Gasteiger partial charge in [0.25, 0.3) is 0 Å². The largest absolute Gasteiger partial charge is 0.383 e. The van der Waals surface area contributed by atoms with E-state index >= 15 is 0 Å². The fourth-order valence-corrected chi connectivity index (χ4v) is 1.59. The molecule has 1 saturated carbocycles. The second kappa shape index (κ2) is 2.71.